The average molecular weight is 613 g/mol. The summed E-state index contributed by atoms with van der Waals surface area (Å²) in [4.78, 5) is 20.4. The Hall–Kier alpha value is -7.02. The second-order valence-electron chi connectivity index (χ2n) is 11.4. The van der Waals surface area contributed by atoms with Gasteiger partial charge in [0.1, 0.15) is 0 Å². The molecule has 6 nitrogen and oxygen atoms in total. The van der Waals surface area contributed by atoms with Crippen molar-refractivity contribution < 1.29 is 0 Å². The van der Waals surface area contributed by atoms with Crippen LogP contribution in [-0.2, 0) is 0 Å². The van der Waals surface area contributed by atoms with Gasteiger partial charge in [-0.2, -0.15) is 10.5 Å². The monoisotopic (exact) mass is 612 g/mol. The molecular weight excluding hydrogens is 589 g/mol. The van der Waals surface area contributed by atoms with Gasteiger partial charge in [0.25, 0.3) is 0 Å². The molecule has 0 fully saturated rings. The molecule has 6 heteroatoms. The molecule has 0 spiro atoms. The third-order valence-electron chi connectivity index (χ3n) is 8.29. The van der Waals surface area contributed by atoms with Crippen molar-refractivity contribution in [2.45, 2.75) is 0 Å². The topological polar surface area (TPSA) is 99.1 Å². The van der Waals surface area contributed by atoms with E-state index in [1.165, 1.54) is 0 Å². The Morgan fingerprint density at radius 1 is 0.312 bits per heavy atom. The van der Waals surface area contributed by atoms with Gasteiger partial charge in [0, 0.05) is 22.3 Å². The second kappa shape index (κ2) is 12.1. The van der Waals surface area contributed by atoms with Crippen LogP contribution in [0.3, 0.4) is 0 Å². The van der Waals surface area contributed by atoms with Gasteiger partial charge in [-0.3, -0.25) is 0 Å². The van der Waals surface area contributed by atoms with Crippen molar-refractivity contribution in [1.29, 1.82) is 10.5 Å². The van der Waals surface area contributed by atoms with Gasteiger partial charge in [-0.05, 0) is 59.7 Å². The molecule has 0 aliphatic rings. The van der Waals surface area contributed by atoms with E-state index in [4.69, 9.17) is 19.9 Å². The lowest BCUT2D eigenvalue weighted by atomic mass is 10.00. The van der Waals surface area contributed by atoms with Crippen LogP contribution in [0, 0.1) is 22.7 Å². The summed E-state index contributed by atoms with van der Waals surface area (Å²) in [6.07, 6.45) is 0. The molecule has 0 saturated carbocycles. The van der Waals surface area contributed by atoms with Crippen LogP contribution in [0.25, 0.3) is 78.2 Å². The summed E-state index contributed by atoms with van der Waals surface area (Å²) in [5, 5.41) is 19.1. The third-order valence-corrected chi connectivity index (χ3v) is 8.29. The summed E-state index contributed by atoms with van der Waals surface area (Å²) < 4.78 is 0. The largest absolute Gasteiger partial charge is 0.244 e. The molecule has 2 heterocycles. The van der Waals surface area contributed by atoms with Gasteiger partial charge in [0.2, 0.25) is 0 Å². The van der Waals surface area contributed by atoms with E-state index in [2.05, 4.69) is 24.3 Å². The predicted molar refractivity (Wildman–Crippen MR) is 189 cm³/mol. The highest BCUT2D eigenvalue weighted by atomic mass is 14.8. The van der Waals surface area contributed by atoms with Crippen LogP contribution >= 0.6 is 0 Å². The second-order valence-corrected chi connectivity index (χ2v) is 11.4. The van der Waals surface area contributed by atoms with Gasteiger partial charge < -0.3 is 0 Å². The quantitative estimate of drug-likeness (QED) is 0.192. The van der Waals surface area contributed by atoms with E-state index in [0.717, 1.165) is 72.5 Å². The predicted octanol–water partition coefficient (Wildman–Crippen LogP) is 9.65. The first kappa shape index (κ1) is 28.5. The number of nitrogens with zero attached hydrogens (tertiary/aromatic N) is 6. The van der Waals surface area contributed by atoms with E-state index in [-0.39, 0.29) is 0 Å². The zero-order chi connectivity index (χ0) is 32.5. The van der Waals surface area contributed by atoms with E-state index in [1.807, 2.05) is 121 Å². The van der Waals surface area contributed by atoms with E-state index >= 15 is 0 Å². The van der Waals surface area contributed by atoms with Crippen molar-refractivity contribution in [2.75, 3.05) is 0 Å². The van der Waals surface area contributed by atoms with Crippen LogP contribution in [0.4, 0.5) is 0 Å². The molecule has 0 unspecified atom stereocenters. The van der Waals surface area contributed by atoms with Crippen LogP contribution in [0.1, 0.15) is 11.1 Å². The minimum Gasteiger partial charge on any atom is -0.244 e. The van der Waals surface area contributed by atoms with Crippen molar-refractivity contribution in [3.8, 4) is 68.3 Å². The van der Waals surface area contributed by atoms with Crippen LogP contribution in [-0.4, -0.2) is 19.9 Å². The fourth-order valence-corrected chi connectivity index (χ4v) is 5.94. The molecule has 0 saturated heterocycles. The first-order chi connectivity index (χ1) is 23.7. The lowest BCUT2D eigenvalue weighted by Crippen LogP contribution is -1.97. The zero-order valence-electron chi connectivity index (χ0n) is 25.5. The Morgan fingerprint density at radius 3 is 1.10 bits per heavy atom. The Kier molecular flexibility index (Phi) is 7.15. The molecule has 8 aromatic rings. The molecule has 0 bridgehead atoms. The Labute approximate surface area is 276 Å². The summed E-state index contributed by atoms with van der Waals surface area (Å²) in [6.45, 7) is 0. The molecule has 48 heavy (non-hydrogen) atoms. The molecule has 0 aliphatic heterocycles. The van der Waals surface area contributed by atoms with Crippen molar-refractivity contribution in [3.05, 3.63) is 157 Å². The van der Waals surface area contributed by atoms with E-state index in [1.54, 1.807) is 12.1 Å². The molecule has 2 aromatic heterocycles. The molecule has 0 N–H and O–H groups in total. The first-order valence-electron chi connectivity index (χ1n) is 15.4. The number of aromatic nitrogens is 4. The number of hydrogen-bond donors (Lipinski definition) is 0. The van der Waals surface area contributed by atoms with Gasteiger partial charge in [0.15, 0.2) is 0 Å². The number of nitriles is 2. The van der Waals surface area contributed by atoms with Gasteiger partial charge >= 0.3 is 0 Å². The zero-order valence-corrected chi connectivity index (χ0v) is 25.5. The first-order valence-corrected chi connectivity index (χ1v) is 15.4. The lowest BCUT2D eigenvalue weighted by Gasteiger charge is -2.13. The Morgan fingerprint density at radius 2 is 0.688 bits per heavy atom. The normalized spacial score (nSPS) is 10.9. The van der Waals surface area contributed by atoms with Crippen molar-refractivity contribution in [2.24, 2.45) is 0 Å². The summed E-state index contributed by atoms with van der Waals surface area (Å²) in [7, 11) is 0. The van der Waals surface area contributed by atoms with Gasteiger partial charge in [-0.25, -0.2) is 19.9 Å². The standard InChI is InChI=1S/C42H24N6/c43-25-27-9-7-15-33(21-27)41-40(30-13-5-2-6-14-30)47-37-23-31(18-20-36(37)46-41)32-17-19-35-38(24-32)48-42(34-16-8-10-28(22-34)26-44)39(45-35)29-11-3-1-4-12-29/h1-24H. The van der Waals surface area contributed by atoms with Crippen LogP contribution < -0.4 is 0 Å². The average Bonchev–Trinajstić information content (AvgIpc) is 3.17. The van der Waals surface area contributed by atoms with Gasteiger partial charge in [0.05, 0.1) is 68.1 Å². The SMILES string of the molecule is N#Cc1cccc(-c2nc3ccc(-c4ccc5nc(-c6ccccc6)c(-c6cccc(C#N)c6)nc5c4)cc3nc2-c2ccccc2)c1. The number of hydrogen-bond acceptors (Lipinski definition) is 6. The fraction of sp³-hybridized carbons (Fsp3) is 0. The van der Waals surface area contributed by atoms with Crippen LogP contribution in [0.15, 0.2) is 146 Å². The molecule has 0 aliphatic carbocycles. The minimum absolute atomic E-state index is 0.565. The summed E-state index contributed by atoms with van der Waals surface area (Å²) in [6, 6.07) is 51.5. The van der Waals surface area contributed by atoms with E-state index in [9.17, 15) is 10.5 Å². The molecule has 0 amide bonds. The molecule has 6 aromatic carbocycles. The fourth-order valence-electron chi connectivity index (χ4n) is 5.94. The number of fused-ring (bicyclic) bond motifs is 2. The van der Waals surface area contributed by atoms with Crippen LogP contribution in [0.2, 0.25) is 0 Å². The lowest BCUT2D eigenvalue weighted by molar-refractivity contribution is 1.29. The number of benzene rings is 6. The van der Waals surface area contributed by atoms with Gasteiger partial charge in [-0.1, -0.05) is 97.1 Å². The maximum atomic E-state index is 9.57. The minimum atomic E-state index is 0.565. The van der Waals surface area contributed by atoms with Crippen molar-refractivity contribution in [1.82, 2.24) is 19.9 Å². The highest BCUT2D eigenvalue weighted by molar-refractivity contribution is 5.92. The smallest absolute Gasteiger partial charge is 0.0991 e. The van der Waals surface area contributed by atoms with Gasteiger partial charge in [-0.15, -0.1) is 0 Å². The third kappa shape index (κ3) is 5.30. The van der Waals surface area contributed by atoms with E-state index in [0.29, 0.717) is 16.8 Å². The highest BCUT2D eigenvalue weighted by Crippen LogP contribution is 2.35. The Balaban J connectivity index is 1.27. The maximum absolute atomic E-state index is 9.57. The maximum Gasteiger partial charge on any atom is 0.0991 e. The van der Waals surface area contributed by atoms with Crippen LogP contribution in [0.5, 0.6) is 0 Å². The highest BCUT2D eigenvalue weighted by Gasteiger charge is 2.17. The summed E-state index contributed by atoms with van der Waals surface area (Å²) in [5.41, 5.74) is 12.6. The molecule has 222 valence electrons. The Bertz CT molecular complexity index is 2580. The van der Waals surface area contributed by atoms with Crippen molar-refractivity contribution in [3.63, 3.8) is 0 Å². The number of rotatable bonds is 5. The van der Waals surface area contributed by atoms with Crippen molar-refractivity contribution >= 4 is 22.1 Å². The summed E-state index contributed by atoms with van der Waals surface area (Å²) >= 11 is 0. The van der Waals surface area contributed by atoms with E-state index < -0.39 is 0 Å². The molecule has 8 rings (SSSR count). The molecular formula is C42H24N6. The molecule has 0 atom stereocenters. The molecule has 0 radical (unpaired) electrons. The summed E-state index contributed by atoms with van der Waals surface area (Å²) in [5.74, 6) is 0.